The van der Waals surface area contributed by atoms with E-state index in [0.29, 0.717) is 0 Å². The molecule has 1 fully saturated rings. The Morgan fingerprint density at radius 3 is 2.61 bits per heavy atom. The minimum atomic E-state index is -1.27. The minimum Gasteiger partial charge on any atom is -0.477 e. The quantitative estimate of drug-likeness (QED) is 0.659. The Labute approximate surface area is 132 Å². The summed E-state index contributed by atoms with van der Waals surface area (Å²) in [6, 6.07) is 7.80. The van der Waals surface area contributed by atoms with E-state index in [-0.39, 0.29) is 24.4 Å². The van der Waals surface area contributed by atoms with Crippen molar-refractivity contribution in [1.82, 2.24) is 10.2 Å². The van der Waals surface area contributed by atoms with Gasteiger partial charge in [0.2, 0.25) is 5.91 Å². The van der Waals surface area contributed by atoms with Gasteiger partial charge in [0.05, 0.1) is 18.6 Å². The first-order chi connectivity index (χ1) is 11.0. The van der Waals surface area contributed by atoms with Gasteiger partial charge in [0, 0.05) is 6.42 Å². The molecule has 0 bridgehead atoms. The van der Waals surface area contributed by atoms with Crippen LogP contribution >= 0.6 is 0 Å². The number of carbonyl (C=O) groups excluding carboxylic acids is 2. The van der Waals surface area contributed by atoms with Gasteiger partial charge in [-0.25, -0.2) is 4.79 Å². The molecule has 2 heterocycles. The summed E-state index contributed by atoms with van der Waals surface area (Å²) >= 11 is 0. The normalized spacial score (nSPS) is 26.0. The van der Waals surface area contributed by atoms with Crippen molar-refractivity contribution in [1.29, 1.82) is 0 Å². The molecule has 120 valence electrons. The van der Waals surface area contributed by atoms with Gasteiger partial charge in [0.15, 0.2) is 0 Å². The monoisotopic (exact) mass is 316 g/mol. The molecular formula is C16H16N2O5. The van der Waals surface area contributed by atoms with Gasteiger partial charge in [-0.3, -0.25) is 14.5 Å². The molecule has 7 nitrogen and oxygen atoms in total. The number of fused-ring (bicyclic) bond motifs is 1. The van der Waals surface area contributed by atoms with E-state index in [4.69, 9.17) is 5.11 Å². The fourth-order valence-electron chi connectivity index (χ4n) is 3.00. The van der Waals surface area contributed by atoms with Crippen LogP contribution in [0.5, 0.6) is 0 Å². The Balaban J connectivity index is 1.67. The van der Waals surface area contributed by atoms with Crippen molar-refractivity contribution in [3.63, 3.8) is 0 Å². The summed E-state index contributed by atoms with van der Waals surface area (Å²) < 4.78 is 0. The van der Waals surface area contributed by atoms with E-state index in [1.54, 1.807) is 0 Å². The van der Waals surface area contributed by atoms with E-state index in [1.807, 2.05) is 30.3 Å². The standard InChI is InChI=1S/C16H16N2O5/c19-10-7-11-14(15(21)18(11)12(8-10)16(22)23)17-13(20)6-9-4-2-1-3-5-9/h1-5,8,10-11,14,19H,6-7H2,(H,17,20)(H,22,23)/t10-,11+,14-/m1/s1. The fourth-order valence-corrected chi connectivity index (χ4v) is 3.00. The number of carboxylic acid groups (broad SMARTS) is 1. The summed E-state index contributed by atoms with van der Waals surface area (Å²) in [6.07, 6.45) is 0.558. The summed E-state index contributed by atoms with van der Waals surface area (Å²) in [6.45, 7) is 0. The number of rotatable bonds is 4. The Kier molecular flexibility index (Phi) is 3.87. The van der Waals surface area contributed by atoms with Crippen LogP contribution in [0.3, 0.4) is 0 Å². The molecule has 2 aliphatic heterocycles. The number of aliphatic carboxylic acids is 1. The average Bonchev–Trinajstić information content (AvgIpc) is 2.52. The second kappa shape index (κ2) is 5.85. The van der Waals surface area contributed by atoms with Crippen molar-refractivity contribution >= 4 is 17.8 Å². The topological polar surface area (TPSA) is 107 Å². The highest BCUT2D eigenvalue weighted by molar-refractivity contribution is 6.01. The van der Waals surface area contributed by atoms with E-state index in [1.165, 1.54) is 0 Å². The fraction of sp³-hybridized carbons (Fsp3) is 0.312. The zero-order valence-electron chi connectivity index (χ0n) is 12.2. The Morgan fingerprint density at radius 1 is 1.26 bits per heavy atom. The molecule has 1 aromatic rings. The maximum atomic E-state index is 12.1. The third-order valence-electron chi connectivity index (χ3n) is 4.06. The molecule has 2 aliphatic rings. The van der Waals surface area contributed by atoms with Gasteiger partial charge in [-0.1, -0.05) is 30.3 Å². The number of carboxylic acids is 1. The highest BCUT2D eigenvalue weighted by atomic mass is 16.4. The number of β-lactam (4-membered cyclic amide) rings is 1. The largest absolute Gasteiger partial charge is 0.477 e. The molecule has 0 spiro atoms. The Morgan fingerprint density at radius 2 is 1.96 bits per heavy atom. The van der Waals surface area contributed by atoms with Crippen molar-refractivity contribution < 1.29 is 24.6 Å². The summed E-state index contributed by atoms with van der Waals surface area (Å²) in [4.78, 5) is 36.5. The van der Waals surface area contributed by atoms with Crippen molar-refractivity contribution in [3.05, 3.63) is 47.7 Å². The van der Waals surface area contributed by atoms with Gasteiger partial charge in [0.1, 0.15) is 11.7 Å². The number of aliphatic hydroxyl groups excluding tert-OH is 1. The zero-order valence-corrected chi connectivity index (χ0v) is 12.2. The number of amides is 2. The van der Waals surface area contributed by atoms with Crippen molar-refractivity contribution in [2.45, 2.75) is 31.0 Å². The summed E-state index contributed by atoms with van der Waals surface area (Å²) in [5.41, 5.74) is 0.593. The van der Waals surface area contributed by atoms with Crippen LogP contribution in [0.15, 0.2) is 42.1 Å². The molecule has 0 unspecified atom stereocenters. The number of benzene rings is 1. The number of aliphatic hydroxyl groups is 1. The number of nitrogens with zero attached hydrogens (tertiary/aromatic N) is 1. The van der Waals surface area contributed by atoms with Gasteiger partial charge in [-0.2, -0.15) is 0 Å². The zero-order chi connectivity index (χ0) is 16.6. The van der Waals surface area contributed by atoms with Crippen LogP contribution in [0.1, 0.15) is 12.0 Å². The smallest absolute Gasteiger partial charge is 0.352 e. The maximum Gasteiger partial charge on any atom is 0.352 e. The molecule has 0 radical (unpaired) electrons. The molecule has 3 atom stereocenters. The molecule has 2 amide bonds. The molecule has 1 saturated heterocycles. The molecule has 1 aromatic carbocycles. The van der Waals surface area contributed by atoms with Crippen LogP contribution in [-0.4, -0.2) is 51.1 Å². The van der Waals surface area contributed by atoms with E-state index < -0.39 is 30.1 Å². The van der Waals surface area contributed by atoms with Crippen LogP contribution in [0.2, 0.25) is 0 Å². The lowest BCUT2D eigenvalue weighted by Gasteiger charge is -2.49. The lowest BCUT2D eigenvalue weighted by Crippen LogP contribution is -2.72. The second-order valence-corrected chi connectivity index (χ2v) is 5.64. The van der Waals surface area contributed by atoms with E-state index in [0.717, 1.165) is 16.5 Å². The van der Waals surface area contributed by atoms with Crippen LogP contribution in [0.4, 0.5) is 0 Å². The maximum absolute atomic E-state index is 12.1. The van der Waals surface area contributed by atoms with E-state index >= 15 is 0 Å². The molecular weight excluding hydrogens is 300 g/mol. The number of hydrogen-bond donors (Lipinski definition) is 3. The SMILES string of the molecule is O=C(Cc1ccccc1)N[C@H]1C(=O)N2C(C(=O)O)=C[C@H](O)C[C@@H]12. The first-order valence-electron chi connectivity index (χ1n) is 7.27. The van der Waals surface area contributed by atoms with E-state index in [9.17, 15) is 19.5 Å². The molecule has 3 rings (SSSR count). The third kappa shape index (κ3) is 2.83. The van der Waals surface area contributed by atoms with Crippen molar-refractivity contribution in [2.75, 3.05) is 0 Å². The highest BCUT2D eigenvalue weighted by Crippen LogP contribution is 2.33. The summed E-state index contributed by atoms with van der Waals surface area (Å²) in [5.74, 6) is -2.04. The highest BCUT2D eigenvalue weighted by Gasteiger charge is 2.53. The first-order valence-corrected chi connectivity index (χ1v) is 7.27. The molecule has 7 heteroatoms. The second-order valence-electron chi connectivity index (χ2n) is 5.64. The Hall–Kier alpha value is -2.67. The predicted molar refractivity (Wildman–Crippen MR) is 79.1 cm³/mol. The van der Waals surface area contributed by atoms with Crippen molar-refractivity contribution in [2.24, 2.45) is 0 Å². The van der Waals surface area contributed by atoms with Crippen molar-refractivity contribution in [3.8, 4) is 0 Å². The lowest BCUT2D eigenvalue weighted by atomic mass is 9.85. The summed E-state index contributed by atoms with van der Waals surface area (Å²) in [7, 11) is 0. The van der Waals surface area contributed by atoms with Crippen LogP contribution in [-0.2, 0) is 20.8 Å². The molecule has 0 saturated carbocycles. The van der Waals surface area contributed by atoms with Crippen LogP contribution < -0.4 is 5.32 Å². The van der Waals surface area contributed by atoms with Gasteiger partial charge in [0.25, 0.3) is 5.91 Å². The summed E-state index contributed by atoms with van der Waals surface area (Å²) in [5, 5.41) is 21.5. The molecule has 3 N–H and O–H groups in total. The first kappa shape index (κ1) is 15.2. The number of hydrogen-bond acceptors (Lipinski definition) is 4. The van der Waals surface area contributed by atoms with Crippen LogP contribution in [0.25, 0.3) is 0 Å². The Bertz CT molecular complexity index is 685. The average molecular weight is 316 g/mol. The van der Waals surface area contributed by atoms with Gasteiger partial charge >= 0.3 is 5.97 Å². The molecule has 23 heavy (non-hydrogen) atoms. The van der Waals surface area contributed by atoms with Gasteiger partial charge in [-0.05, 0) is 11.6 Å². The lowest BCUT2D eigenvalue weighted by molar-refractivity contribution is -0.157. The van der Waals surface area contributed by atoms with Gasteiger partial charge in [-0.15, -0.1) is 0 Å². The predicted octanol–water partition coefficient (Wildman–Crippen LogP) is -0.342. The molecule has 0 aromatic heterocycles. The third-order valence-corrected chi connectivity index (χ3v) is 4.06. The van der Waals surface area contributed by atoms with Crippen LogP contribution in [0, 0.1) is 0 Å². The van der Waals surface area contributed by atoms with Gasteiger partial charge < -0.3 is 15.5 Å². The number of carbonyl (C=O) groups is 3. The molecule has 0 aliphatic carbocycles. The minimum absolute atomic E-state index is 0.140. The van der Waals surface area contributed by atoms with E-state index in [2.05, 4.69) is 5.32 Å². The number of nitrogens with one attached hydrogen (secondary N) is 1.